The third-order valence-corrected chi connectivity index (χ3v) is 5.76. The maximum absolute atomic E-state index is 13.1. The highest BCUT2D eigenvalue weighted by Gasteiger charge is 2.57. The molecule has 158 valence electrons. The van der Waals surface area contributed by atoms with E-state index in [1.54, 1.807) is 9.80 Å². The van der Waals surface area contributed by atoms with Crippen LogP contribution < -0.4 is 4.74 Å². The van der Waals surface area contributed by atoms with Crippen molar-refractivity contribution in [3.05, 3.63) is 30.3 Å². The van der Waals surface area contributed by atoms with Gasteiger partial charge in [-0.1, -0.05) is 32.0 Å². The van der Waals surface area contributed by atoms with Gasteiger partial charge in [-0.15, -0.1) is 0 Å². The van der Waals surface area contributed by atoms with Crippen LogP contribution in [0.5, 0.6) is 5.75 Å². The predicted octanol–water partition coefficient (Wildman–Crippen LogP) is 2.76. The maximum atomic E-state index is 13.1. The predicted molar refractivity (Wildman–Crippen MR) is 109 cm³/mol. The number of piperidine rings is 1. The third-order valence-electron chi connectivity index (χ3n) is 5.76. The minimum atomic E-state index is -0.797. The molecule has 7 heteroatoms. The molecule has 2 heterocycles. The summed E-state index contributed by atoms with van der Waals surface area (Å²) in [6.07, 6.45) is 1.28. The van der Waals surface area contributed by atoms with E-state index in [1.807, 2.05) is 51.1 Å². The lowest BCUT2D eigenvalue weighted by Crippen LogP contribution is -2.58. The number of amides is 4. The highest BCUT2D eigenvalue weighted by atomic mass is 16.5. The molecule has 3 rings (SSSR count). The Labute approximate surface area is 172 Å². The number of benzene rings is 1. The minimum absolute atomic E-state index is 0.0234. The third kappa shape index (κ3) is 4.23. The molecule has 0 radical (unpaired) electrons. The number of imide groups is 1. The molecular formula is C22H31N3O4. The summed E-state index contributed by atoms with van der Waals surface area (Å²) < 4.78 is 5.62. The zero-order valence-electron chi connectivity index (χ0n) is 17.6. The van der Waals surface area contributed by atoms with Crippen LogP contribution in [0.1, 0.15) is 40.0 Å². The Kier molecular flexibility index (Phi) is 6.45. The first-order valence-electron chi connectivity index (χ1n) is 10.5. The molecule has 1 aromatic carbocycles. The van der Waals surface area contributed by atoms with Gasteiger partial charge in [0.1, 0.15) is 11.3 Å². The molecule has 29 heavy (non-hydrogen) atoms. The van der Waals surface area contributed by atoms with Crippen LogP contribution in [-0.4, -0.2) is 70.9 Å². The summed E-state index contributed by atoms with van der Waals surface area (Å²) in [6, 6.07) is 9.23. The number of ether oxygens (including phenoxy) is 1. The fraction of sp³-hybridized carbons (Fsp3) is 0.591. The molecule has 0 N–H and O–H groups in total. The number of carbonyl (C=O) groups is 3. The van der Waals surface area contributed by atoms with Crippen molar-refractivity contribution in [2.45, 2.75) is 45.6 Å². The van der Waals surface area contributed by atoms with Crippen molar-refractivity contribution in [2.24, 2.45) is 5.92 Å². The fourth-order valence-corrected chi connectivity index (χ4v) is 4.22. The average Bonchev–Trinajstić information content (AvgIpc) is 2.90. The molecule has 0 saturated carbocycles. The van der Waals surface area contributed by atoms with Gasteiger partial charge in [0, 0.05) is 26.2 Å². The van der Waals surface area contributed by atoms with Crippen molar-refractivity contribution in [1.82, 2.24) is 14.7 Å². The Hall–Kier alpha value is -2.57. The molecule has 2 fully saturated rings. The second kappa shape index (κ2) is 8.84. The lowest BCUT2D eigenvalue weighted by atomic mass is 9.85. The highest BCUT2D eigenvalue weighted by molar-refractivity contribution is 6.07. The SMILES string of the molecule is CCN1C(=O)N(CC(C)C)C2(CCN(C(=O)CCOc3ccccc3)CC2)C1=O. The molecule has 2 saturated heterocycles. The number of likely N-dealkylation sites (tertiary alicyclic amines) is 1. The second-order valence-electron chi connectivity index (χ2n) is 8.16. The number of para-hydroxylation sites is 1. The lowest BCUT2D eigenvalue weighted by Gasteiger charge is -2.42. The smallest absolute Gasteiger partial charge is 0.327 e. The quantitative estimate of drug-likeness (QED) is 0.659. The minimum Gasteiger partial charge on any atom is -0.493 e. The Bertz CT molecular complexity index is 742. The molecule has 2 aliphatic rings. The van der Waals surface area contributed by atoms with Crippen LogP contribution in [0.25, 0.3) is 0 Å². The zero-order valence-corrected chi connectivity index (χ0v) is 17.6. The molecule has 0 aliphatic carbocycles. The van der Waals surface area contributed by atoms with E-state index in [4.69, 9.17) is 4.74 Å². The standard InChI is InChI=1S/C22H31N3O4/c1-4-24-20(27)22(25(21(24)28)16-17(2)3)11-13-23(14-12-22)19(26)10-15-29-18-8-6-5-7-9-18/h5-9,17H,4,10-16H2,1-3H3. The van der Waals surface area contributed by atoms with Crippen molar-refractivity contribution in [2.75, 3.05) is 32.8 Å². The van der Waals surface area contributed by atoms with Crippen molar-refractivity contribution in [3.8, 4) is 5.75 Å². The van der Waals surface area contributed by atoms with Gasteiger partial charge in [0.2, 0.25) is 5.91 Å². The summed E-state index contributed by atoms with van der Waals surface area (Å²) in [7, 11) is 0. The summed E-state index contributed by atoms with van der Waals surface area (Å²) in [4.78, 5) is 43.3. The number of hydrogen-bond acceptors (Lipinski definition) is 4. The van der Waals surface area contributed by atoms with Gasteiger partial charge >= 0.3 is 6.03 Å². The van der Waals surface area contributed by atoms with Gasteiger partial charge in [0.05, 0.1) is 13.0 Å². The molecular weight excluding hydrogens is 370 g/mol. The van der Waals surface area contributed by atoms with Crippen molar-refractivity contribution in [1.29, 1.82) is 0 Å². The molecule has 0 atom stereocenters. The van der Waals surface area contributed by atoms with Gasteiger partial charge in [-0.05, 0) is 37.8 Å². The van der Waals surface area contributed by atoms with Crippen LogP contribution in [0.4, 0.5) is 4.79 Å². The van der Waals surface area contributed by atoms with Crippen LogP contribution in [-0.2, 0) is 9.59 Å². The van der Waals surface area contributed by atoms with Crippen molar-refractivity contribution >= 4 is 17.8 Å². The van der Waals surface area contributed by atoms with E-state index < -0.39 is 5.54 Å². The van der Waals surface area contributed by atoms with E-state index in [9.17, 15) is 14.4 Å². The van der Waals surface area contributed by atoms with Crippen LogP contribution >= 0.6 is 0 Å². The Balaban J connectivity index is 1.59. The summed E-state index contributed by atoms with van der Waals surface area (Å²) in [5.41, 5.74) is -0.797. The largest absolute Gasteiger partial charge is 0.493 e. The second-order valence-corrected chi connectivity index (χ2v) is 8.16. The number of hydrogen-bond donors (Lipinski definition) is 0. The number of nitrogens with zero attached hydrogens (tertiary/aromatic N) is 3. The van der Waals surface area contributed by atoms with Crippen molar-refractivity contribution < 1.29 is 19.1 Å². The van der Waals surface area contributed by atoms with Crippen LogP contribution in [0, 0.1) is 5.92 Å². The van der Waals surface area contributed by atoms with E-state index >= 15 is 0 Å². The first kappa shape index (κ1) is 21.1. The molecule has 0 unspecified atom stereocenters. The first-order chi connectivity index (χ1) is 13.9. The monoisotopic (exact) mass is 401 g/mol. The van der Waals surface area contributed by atoms with E-state index in [-0.39, 0.29) is 23.8 Å². The molecule has 7 nitrogen and oxygen atoms in total. The number of urea groups is 1. The zero-order chi connectivity index (χ0) is 21.0. The molecule has 0 bridgehead atoms. The molecule has 1 spiro atoms. The average molecular weight is 402 g/mol. The fourth-order valence-electron chi connectivity index (χ4n) is 4.22. The van der Waals surface area contributed by atoms with Gasteiger partial charge in [-0.25, -0.2) is 4.79 Å². The van der Waals surface area contributed by atoms with Crippen LogP contribution in [0.3, 0.4) is 0 Å². The lowest BCUT2D eigenvalue weighted by molar-refractivity contribution is -0.141. The van der Waals surface area contributed by atoms with E-state index in [0.717, 1.165) is 5.75 Å². The normalized spacial score (nSPS) is 18.8. The van der Waals surface area contributed by atoms with Crippen molar-refractivity contribution in [3.63, 3.8) is 0 Å². The van der Waals surface area contributed by atoms with Gasteiger partial charge in [-0.2, -0.15) is 0 Å². The number of likely N-dealkylation sites (N-methyl/N-ethyl adjacent to an activating group) is 1. The summed E-state index contributed by atoms with van der Waals surface area (Å²) in [6.45, 7) is 8.15. The molecule has 2 aliphatic heterocycles. The van der Waals surface area contributed by atoms with Gasteiger partial charge in [-0.3, -0.25) is 14.5 Å². The Morgan fingerprint density at radius 1 is 1.14 bits per heavy atom. The summed E-state index contributed by atoms with van der Waals surface area (Å²) in [5.74, 6) is 0.938. The van der Waals surface area contributed by atoms with Crippen LogP contribution in [0.15, 0.2) is 30.3 Å². The summed E-state index contributed by atoms with van der Waals surface area (Å²) in [5, 5.41) is 0. The maximum Gasteiger partial charge on any atom is 0.327 e. The topological polar surface area (TPSA) is 70.2 Å². The Morgan fingerprint density at radius 2 is 1.79 bits per heavy atom. The van der Waals surface area contributed by atoms with Gasteiger partial charge in [0.15, 0.2) is 0 Å². The highest BCUT2D eigenvalue weighted by Crippen LogP contribution is 2.37. The van der Waals surface area contributed by atoms with Gasteiger partial charge < -0.3 is 14.5 Å². The first-order valence-corrected chi connectivity index (χ1v) is 10.5. The molecule has 1 aromatic rings. The van der Waals surface area contributed by atoms with Crippen LogP contribution in [0.2, 0.25) is 0 Å². The van der Waals surface area contributed by atoms with Gasteiger partial charge in [0.25, 0.3) is 5.91 Å². The molecule has 4 amide bonds. The Morgan fingerprint density at radius 3 is 2.38 bits per heavy atom. The van der Waals surface area contributed by atoms with E-state index in [1.165, 1.54) is 4.90 Å². The number of carbonyl (C=O) groups excluding carboxylic acids is 3. The van der Waals surface area contributed by atoms with E-state index in [0.29, 0.717) is 52.0 Å². The van der Waals surface area contributed by atoms with E-state index in [2.05, 4.69) is 0 Å². The molecule has 0 aromatic heterocycles. The number of rotatable bonds is 7. The summed E-state index contributed by atoms with van der Waals surface area (Å²) >= 11 is 0.